The maximum atomic E-state index is 13.2. The standard InChI is InChI=1S/C28H30ClN3O2S/c1-20-19-31(16-17-32(20)28(34)22-7-9-23(29)10-8-22)26(33)12-15-30-14-11-25-24(13-18-35-25)27(30)21-5-3-2-4-6-21/h2-10,13,18,20,27H,11-12,14-17,19H2,1H3. The first-order chi connectivity index (χ1) is 17.0. The molecule has 0 spiro atoms. The fourth-order valence-corrected chi connectivity index (χ4v) is 6.31. The molecule has 5 nitrogen and oxygen atoms in total. The van der Waals surface area contributed by atoms with Crippen LogP contribution in [0.1, 0.15) is 45.7 Å². The van der Waals surface area contributed by atoms with Crippen molar-refractivity contribution in [2.45, 2.75) is 31.8 Å². The zero-order valence-electron chi connectivity index (χ0n) is 19.9. The Labute approximate surface area is 215 Å². The van der Waals surface area contributed by atoms with E-state index in [1.165, 1.54) is 16.0 Å². The van der Waals surface area contributed by atoms with E-state index in [4.69, 9.17) is 11.6 Å². The van der Waals surface area contributed by atoms with Crippen molar-refractivity contribution < 1.29 is 9.59 Å². The zero-order chi connectivity index (χ0) is 24.4. The van der Waals surface area contributed by atoms with Gasteiger partial charge in [-0.25, -0.2) is 0 Å². The third kappa shape index (κ3) is 5.15. The molecule has 0 saturated carbocycles. The van der Waals surface area contributed by atoms with Gasteiger partial charge in [0.1, 0.15) is 0 Å². The molecule has 2 aromatic carbocycles. The normalized spacial score (nSPS) is 20.5. The first-order valence-electron chi connectivity index (χ1n) is 12.2. The average molecular weight is 508 g/mol. The molecule has 3 heterocycles. The van der Waals surface area contributed by atoms with Crippen LogP contribution < -0.4 is 0 Å². The van der Waals surface area contributed by atoms with Gasteiger partial charge in [0, 0.05) is 60.6 Å². The number of amides is 2. The molecule has 2 aliphatic heterocycles. The Morgan fingerprint density at radius 1 is 1.00 bits per heavy atom. The van der Waals surface area contributed by atoms with Crippen LogP contribution in [0.3, 0.4) is 0 Å². The quantitative estimate of drug-likeness (QED) is 0.482. The lowest BCUT2D eigenvalue weighted by Crippen LogP contribution is -2.55. The summed E-state index contributed by atoms with van der Waals surface area (Å²) in [6, 6.07) is 20.0. The Morgan fingerprint density at radius 2 is 1.77 bits per heavy atom. The van der Waals surface area contributed by atoms with Crippen molar-refractivity contribution in [2.75, 3.05) is 32.7 Å². The van der Waals surface area contributed by atoms with E-state index < -0.39 is 0 Å². The number of piperazine rings is 1. The van der Waals surface area contributed by atoms with Crippen LogP contribution in [0, 0.1) is 0 Å². The van der Waals surface area contributed by atoms with Crippen LogP contribution >= 0.6 is 22.9 Å². The molecule has 182 valence electrons. The van der Waals surface area contributed by atoms with Gasteiger partial charge in [-0.1, -0.05) is 41.9 Å². The Bertz CT molecular complexity index is 1180. The van der Waals surface area contributed by atoms with Crippen LogP contribution in [0.4, 0.5) is 0 Å². The van der Waals surface area contributed by atoms with E-state index in [0.29, 0.717) is 36.6 Å². The third-order valence-electron chi connectivity index (χ3n) is 7.13. The van der Waals surface area contributed by atoms with Gasteiger partial charge in [0.15, 0.2) is 0 Å². The van der Waals surface area contributed by atoms with Crippen LogP contribution in [0.2, 0.25) is 5.02 Å². The SMILES string of the molecule is CC1CN(C(=O)CCN2CCc3sccc3C2c2ccccc2)CCN1C(=O)c1ccc(Cl)cc1. The Balaban J connectivity index is 1.20. The Hall–Kier alpha value is -2.67. The molecule has 1 aromatic heterocycles. The van der Waals surface area contributed by atoms with Crippen molar-refractivity contribution in [3.63, 3.8) is 0 Å². The van der Waals surface area contributed by atoms with Gasteiger partial charge < -0.3 is 9.80 Å². The first-order valence-corrected chi connectivity index (χ1v) is 13.5. The van der Waals surface area contributed by atoms with E-state index in [9.17, 15) is 9.59 Å². The maximum Gasteiger partial charge on any atom is 0.254 e. The fraction of sp³-hybridized carbons (Fsp3) is 0.357. The number of carbonyl (C=O) groups excluding carboxylic acids is 2. The molecule has 3 aromatic rings. The molecular formula is C28H30ClN3O2S. The summed E-state index contributed by atoms with van der Waals surface area (Å²) in [7, 11) is 0. The first kappa shape index (κ1) is 24.0. The predicted octanol–water partition coefficient (Wildman–Crippen LogP) is 5.11. The molecule has 1 saturated heterocycles. The largest absolute Gasteiger partial charge is 0.339 e. The number of carbonyl (C=O) groups is 2. The fourth-order valence-electron chi connectivity index (χ4n) is 5.28. The highest BCUT2D eigenvalue weighted by Gasteiger charge is 2.32. The minimum absolute atomic E-state index is 0.00754. The van der Waals surface area contributed by atoms with E-state index in [0.717, 1.165) is 19.5 Å². The summed E-state index contributed by atoms with van der Waals surface area (Å²) in [5.74, 6) is 0.158. The molecule has 2 aliphatic rings. The second-order valence-electron chi connectivity index (χ2n) is 9.34. The minimum Gasteiger partial charge on any atom is -0.339 e. The van der Waals surface area contributed by atoms with Gasteiger partial charge in [-0.05, 0) is 60.2 Å². The van der Waals surface area contributed by atoms with Crippen molar-refractivity contribution in [3.05, 3.63) is 92.6 Å². The molecule has 0 radical (unpaired) electrons. The summed E-state index contributed by atoms with van der Waals surface area (Å²) < 4.78 is 0. The van der Waals surface area contributed by atoms with E-state index >= 15 is 0 Å². The van der Waals surface area contributed by atoms with E-state index in [-0.39, 0.29) is 23.9 Å². The van der Waals surface area contributed by atoms with Crippen molar-refractivity contribution in [3.8, 4) is 0 Å². The number of rotatable bonds is 5. The number of fused-ring (bicyclic) bond motifs is 1. The van der Waals surface area contributed by atoms with Gasteiger partial charge in [-0.3, -0.25) is 14.5 Å². The lowest BCUT2D eigenvalue weighted by molar-refractivity contribution is -0.134. The highest BCUT2D eigenvalue weighted by Crippen LogP contribution is 2.37. The summed E-state index contributed by atoms with van der Waals surface area (Å²) in [6.45, 7) is 5.38. The van der Waals surface area contributed by atoms with Gasteiger partial charge in [-0.2, -0.15) is 0 Å². The van der Waals surface area contributed by atoms with Gasteiger partial charge in [0.05, 0.1) is 6.04 Å². The molecule has 5 rings (SSSR count). The summed E-state index contributed by atoms with van der Waals surface area (Å²) in [5.41, 5.74) is 3.29. The molecule has 2 unspecified atom stereocenters. The van der Waals surface area contributed by atoms with Crippen LogP contribution in [0.15, 0.2) is 66.0 Å². The summed E-state index contributed by atoms with van der Waals surface area (Å²) in [6.07, 6.45) is 1.52. The molecule has 35 heavy (non-hydrogen) atoms. The number of hydrogen-bond acceptors (Lipinski definition) is 4. The maximum absolute atomic E-state index is 13.2. The van der Waals surface area contributed by atoms with Crippen LogP contribution in [-0.4, -0.2) is 65.3 Å². The second-order valence-corrected chi connectivity index (χ2v) is 10.8. The monoisotopic (exact) mass is 507 g/mol. The van der Waals surface area contributed by atoms with Crippen LogP contribution in [0.5, 0.6) is 0 Å². The Morgan fingerprint density at radius 3 is 2.51 bits per heavy atom. The number of nitrogens with zero attached hydrogens (tertiary/aromatic N) is 3. The smallest absolute Gasteiger partial charge is 0.254 e. The second kappa shape index (κ2) is 10.5. The molecular weight excluding hydrogens is 478 g/mol. The molecule has 7 heteroatoms. The molecule has 0 bridgehead atoms. The van der Waals surface area contributed by atoms with Crippen molar-refractivity contribution in [1.82, 2.24) is 14.7 Å². The Kier molecular flexibility index (Phi) is 7.23. The number of hydrogen-bond donors (Lipinski definition) is 0. The predicted molar refractivity (Wildman–Crippen MR) is 141 cm³/mol. The lowest BCUT2D eigenvalue weighted by Gasteiger charge is -2.41. The molecule has 1 fully saturated rings. The van der Waals surface area contributed by atoms with Crippen molar-refractivity contribution in [2.24, 2.45) is 0 Å². The van der Waals surface area contributed by atoms with Gasteiger partial charge >= 0.3 is 0 Å². The molecule has 2 amide bonds. The average Bonchev–Trinajstić information content (AvgIpc) is 3.36. The van der Waals surface area contributed by atoms with E-state index in [1.54, 1.807) is 24.3 Å². The summed E-state index contributed by atoms with van der Waals surface area (Å²) in [4.78, 5) is 33.8. The van der Waals surface area contributed by atoms with Gasteiger partial charge in [0.2, 0.25) is 5.91 Å². The highest BCUT2D eigenvalue weighted by atomic mass is 35.5. The highest BCUT2D eigenvalue weighted by molar-refractivity contribution is 7.10. The molecule has 0 N–H and O–H groups in total. The lowest BCUT2D eigenvalue weighted by atomic mass is 9.93. The molecule has 2 atom stereocenters. The van der Waals surface area contributed by atoms with Gasteiger partial charge in [-0.15, -0.1) is 11.3 Å². The number of halogens is 1. The zero-order valence-corrected chi connectivity index (χ0v) is 21.5. The molecule has 0 aliphatic carbocycles. The number of thiophene rings is 1. The summed E-state index contributed by atoms with van der Waals surface area (Å²) in [5, 5.41) is 2.80. The van der Waals surface area contributed by atoms with E-state index in [1.807, 2.05) is 34.1 Å². The topological polar surface area (TPSA) is 43.9 Å². The van der Waals surface area contributed by atoms with Crippen molar-refractivity contribution in [1.29, 1.82) is 0 Å². The van der Waals surface area contributed by atoms with Crippen LogP contribution in [0.25, 0.3) is 0 Å². The third-order valence-corrected chi connectivity index (χ3v) is 8.37. The van der Waals surface area contributed by atoms with E-state index in [2.05, 4.69) is 40.6 Å². The summed E-state index contributed by atoms with van der Waals surface area (Å²) >= 11 is 7.80. The number of benzene rings is 2. The van der Waals surface area contributed by atoms with Crippen molar-refractivity contribution >= 4 is 34.8 Å². The van der Waals surface area contributed by atoms with Crippen LogP contribution in [-0.2, 0) is 11.2 Å². The minimum atomic E-state index is -0.0312. The van der Waals surface area contributed by atoms with Gasteiger partial charge in [0.25, 0.3) is 5.91 Å².